The molecule has 2 rings (SSSR count). The molecule has 0 aromatic heterocycles. The molecular formula is C15H21FN2O3S. The van der Waals surface area contributed by atoms with Gasteiger partial charge in [-0.3, -0.25) is 4.79 Å². The number of benzene rings is 1. The van der Waals surface area contributed by atoms with E-state index in [9.17, 15) is 17.6 Å². The van der Waals surface area contributed by atoms with Crippen molar-refractivity contribution in [1.29, 1.82) is 0 Å². The van der Waals surface area contributed by atoms with Gasteiger partial charge in [0, 0.05) is 19.6 Å². The van der Waals surface area contributed by atoms with Crippen LogP contribution in [0.5, 0.6) is 0 Å². The molecule has 7 heteroatoms. The SMILES string of the molecule is CCN(CC)S(=O)(=O)c1ccc(F)c(C(=O)NCC2CC2)c1. The van der Waals surface area contributed by atoms with Gasteiger partial charge in [-0.05, 0) is 37.0 Å². The van der Waals surface area contributed by atoms with Gasteiger partial charge in [0.15, 0.2) is 0 Å². The number of carbonyl (C=O) groups excluding carboxylic acids is 1. The third-order valence-corrected chi connectivity index (χ3v) is 5.82. The van der Waals surface area contributed by atoms with Gasteiger partial charge in [0.2, 0.25) is 10.0 Å². The summed E-state index contributed by atoms with van der Waals surface area (Å²) in [5.41, 5.74) is -0.228. The van der Waals surface area contributed by atoms with Crippen molar-refractivity contribution in [3.63, 3.8) is 0 Å². The molecule has 0 atom stereocenters. The first-order chi connectivity index (χ1) is 10.4. The second-order valence-electron chi connectivity index (χ2n) is 5.38. The Balaban J connectivity index is 2.27. The van der Waals surface area contributed by atoms with Crippen LogP contribution < -0.4 is 5.32 Å². The molecule has 1 amide bonds. The van der Waals surface area contributed by atoms with Crippen LogP contribution in [-0.2, 0) is 10.0 Å². The molecule has 0 heterocycles. The molecule has 0 aliphatic heterocycles. The Bertz CT molecular complexity index is 653. The van der Waals surface area contributed by atoms with Gasteiger partial charge in [0.1, 0.15) is 5.82 Å². The van der Waals surface area contributed by atoms with Gasteiger partial charge in [0.05, 0.1) is 10.5 Å². The van der Waals surface area contributed by atoms with E-state index < -0.39 is 21.7 Å². The van der Waals surface area contributed by atoms with Crippen molar-refractivity contribution in [2.45, 2.75) is 31.6 Å². The molecule has 0 spiro atoms. The number of rotatable bonds is 7. The van der Waals surface area contributed by atoms with Crippen molar-refractivity contribution in [1.82, 2.24) is 9.62 Å². The molecule has 0 bridgehead atoms. The first-order valence-electron chi connectivity index (χ1n) is 7.48. The highest BCUT2D eigenvalue weighted by molar-refractivity contribution is 7.89. The van der Waals surface area contributed by atoms with E-state index in [1.54, 1.807) is 13.8 Å². The quantitative estimate of drug-likeness (QED) is 0.832. The van der Waals surface area contributed by atoms with Gasteiger partial charge >= 0.3 is 0 Å². The van der Waals surface area contributed by atoms with E-state index in [2.05, 4.69) is 5.32 Å². The van der Waals surface area contributed by atoms with Crippen LogP contribution in [0.1, 0.15) is 37.0 Å². The Hall–Kier alpha value is -1.47. The number of carbonyl (C=O) groups is 1. The Morgan fingerprint density at radius 1 is 1.32 bits per heavy atom. The van der Waals surface area contributed by atoms with Crippen LogP contribution in [0.15, 0.2) is 23.1 Å². The summed E-state index contributed by atoms with van der Waals surface area (Å²) in [6.07, 6.45) is 2.14. The normalized spacial score (nSPS) is 15.1. The van der Waals surface area contributed by atoms with Crippen LogP contribution in [0.2, 0.25) is 0 Å². The lowest BCUT2D eigenvalue weighted by Gasteiger charge is -2.18. The number of hydrogen-bond acceptors (Lipinski definition) is 3. The summed E-state index contributed by atoms with van der Waals surface area (Å²) in [6.45, 7) is 4.60. The zero-order valence-electron chi connectivity index (χ0n) is 12.8. The van der Waals surface area contributed by atoms with E-state index in [4.69, 9.17) is 0 Å². The average Bonchev–Trinajstić information content (AvgIpc) is 3.30. The second-order valence-corrected chi connectivity index (χ2v) is 7.32. The lowest BCUT2D eigenvalue weighted by Crippen LogP contribution is -2.31. The zero-order valence-corrected chi connectivity index (χ0v) is 13.6. The molecule has 1 aromatic carbocycles. The van der Waals surface area contributed by atoms with Gasteiger partial charge in [-0.2, -0.15) is 4.31 Å². The van der Waals surface area contributed by atoms with E-state index >= 15 is 0 Å². The summed E-state index contributed by atoms with van der Waals surface area (Å²) >= 11 is 0. The smallest absolute Gasteiger partial charge is 0.254 e. The summed E-state index contributed by atoms with van der Waals surface area (Å²) in [5.74, 6) is -0.817. The average molecular weight is 328 g/mol. The fourth-order valence-electron chi connectivity index (χ4n) is 2.21. The second kappa shape index (κ2) is 6.75. The molecule has 22 heavy (non-hydrogen) atoms. The fourth-order valence-corrected chi connectivity index (χ4v) is 3.69. The van der Waals surface area contributed by atoms with Crippen LogP contribution in [0, 0.1) is 11.7 Å². The van der Waals surface area contributed by atoms with Crippen LogP contribution in [0.25, 0.3) is 0 Å². The van der Waals surface area contributed by atoms with E-state index in [1.165, 1.54) is 10.4 Å². The summed E-state index contributed by atoms with van der Waals surface area (Å²) in [5, 5.41) is 2.65. The van der Waals surface area contributed by atoms with Crippen LogP contribution in [0.3, 0.4) is 0 Å². The highest BCUT2D eigenvalue weighted by Crippen LogP contribution is 2.27. The van der Waals surface area contributed by atoms with Crippen molar-refractivity contribution in [3.8, 4) is 0 Å². The molecule has 1 fully saturated rings. The third kappa shape index (κ3) is 3.64. The molecule has 0 saturated heterocycles. The van der Waals surface area contributed by atoms with Crippen molar-refractivity contribution >= 4 is 15.9 Å². The van der Waals surface area contributed by atoms with Crippen LogP contribution >= 0.6 is 0 Å². The van der Waals surface area contributed by atoms with Gasteiger partial charge in [-0.15, -0.1) is 0 Å². The van der Waals surface area contributed by atoms with Gasteiger partial charge in [-0.25, -0.2) is 12.8 Å². The number of hydrogen-bond donors (Lipinski definition) is 1. The lowest BCUT2D eigenvalue weighted by molar-refractivity contribution is 0.0947. The number of sulfonamides is 1. The maximum atomic E-state index is 13.8. The molecule has 0 unspecified atom stereocenters. The lowest BCUT2D eigenvalue weighted by atomic mass is 10.2. The fraction of sp³-hybridized carbons (Fsp3) is 0.533. The van der Waals surface area contributed by atoms with Gasteiger partial charge < -0.3 is 5.32 Å². The number of halogens is 1. The van der Waals surface area contributed by atoms with Crippen molar-refractivity contribution in [3.05, 3.63) is 29.6 Å². The molecule has 1 aliphatic carbocycles. The first-order valence-corrected chi connectivity index (χ1v) is 8.92. The number of nitrogens with zero attached hydrogens (tertiary/aromatic N) is 1. The number of amides is 1. The minimum atomic E-state index is -3.71. The largest absolute Gasteiger partial charge is 0.352 e. The molecule has 1 saturated carbocycles. The Labute approximate surface area is 130 Å². The molecule has 1 aliphatic rings. The predicted molar refractivity (Wildman–Crippen MR) is 81.6 cm³/mol. The van der Waals surface area contributed by atoms with E-state index in [0.29, 0.717) is 25.6 Å². The Morgan fingerprint density at radius 2 is 1.95 bits per heavy atom. The van der Waals surface area contributed by atoms with Crippen molar-refractivity contribution < 1.29 is 17.6 Å². The Kier molecular flexibility index (Phi) is 5.18. The van der Waals surface area contributed by atoms with Crippen molar-refractivity contribution in [2.75, 3.05) is 19.6 Å². The molecule has 5 nitrogen and oxygen atoms in total. The third-order valence-electron chi connectivity index (χ3n) is 3.77. The minimum absolute atomic E-state index is 0.0610. The number of nitrogens with one attached hydrogen (secondary N) is 1. The maximum absolute atomic E-state index is 13.8. The topological polar surface area (TPSA) is 66.5 Å². The molecule has 0 radical (unpaired) electrons. The predicted octanol–water partition coefficient (Wildman–Crippen LogP) is 2.00. The first kappa shape index (κ1) is 16.9. The monoisotopic (exact) mass is 328 g/mol. The van der Waals surface area contributed by atoms with E-state index in [-0.39, 0.29) is 10.5 Å². The highest BCUT2D eigenvalue weighted by Gasteiger charge is 2.25. The maximum Gasteiger partial charge on any atom is 0.254 e. The van der Waals surface area contributed by atoms with E-state index in [1.807, 2.05) is 0 Å². The highest BCUT2D eigenvalue weighted by atomic mass is 32.2. The molecule has 1 N–H and O–H groups in total. The molecule has 1 aromatic rings. The summed E-state index contributed by atoms with van der Waals surface area (Å²) in [7, 11) is -3.71. The molecule has 122 valence electrons. The van der Waals surface area contributed by atoms with Crippen molar-refractivity contribution in [2.24, 2.45) is 5.92 Å². The van der Waals surface area contributed by atoms with Crippen LogP contribution in [-0.4, -0.2) is 38.3 Å². The summed E-state index contributed by atoms with van der Waals surface area (Å²) < 4.78 is 40.0. The van der Waals surface area contributed by atoms with Gasteiger partial charge in [-0.1, -0.05) is 13.8 Å². The standard InChI is InChI=1S/C15H21FN2O3S/c1-3-18(4-2)22(20,21)12-7-8-14(16)13(9-12)15(19)17-10-11-5-6-11/h7-9,11H,3-6,10H2,1-2H3,(H,17,19). The minimum Gasteiger partial charge on any atom is -0.352 e. The Morgan fingerprint density at radius 3 is 2.50 bits per heavy atom. The van der Waals surface area contributed by atoms with Crippen LogP contribution in [0.4, 0.5) is 4.39 Å². The molecular weight excluding hydrogens is 307 g/mol. The summed E-state index contributed by atoms with van der Waals surface area (Å²) in [4.78, 5) is 12.0. The van der Waals surface area contributed by atoms with E-state index in [0.717, 1.165) is 25.0 Å². The summed E-state index contributed by atoms with van der Waals surface area (Å²) in [6, 6.07) is 3.34. The zero-order chi connectivity index (χ0) is 16.3. The van der Waals surface area contributed by atoms with Gasteiger partial charge in [0.25, 0.3) is 5.91 Å².